The number of hydrogen-bond acceptors (Lipinski definition) is 4. The summed E-state index contributed by atoms with van der Waals surface area (Å²) in [5.74, 6) is -1.38. The molecule has 1 unspecified atom stereocenters. The van der Waals surface area contributed by atoms with Crippen molar-refractivity contribution in [2.75, 3.05) is 20.8 Å². The number of carboxylic acids is 1. The fraction of sp³-hybridized carbons (Fsp3) is 0.300. The second-order valence-corrected chi connectivity index (χ2v) is 5.89. The van der Waals surface area contributed by atoms with E-state index in [9.17, 15) is 14.7 Å². The summed E-state index contributed by atoms with van der Waals surface area (Å²) >= 11 is 0. The molecule has 6 heteroatoms. The first-order valence-electron chi connectivity index (χ1n) is 8.26. The number of nitrogens with one attached hydrogen (secondary N) is 1. The Hall–Kier alpha value is -2.86. The summed E-state index contributed by atoms with van der Waals surface area (Å²) in [4.78, 5) is 23.8. The van der Waals surface area contributed by atoms with E-state index in [0.29, 0.717) is 17.9 Å². The van der Waals surface area contributed by atoms with Crippen LogP contribution < -0.4 is 10.1 Å². The lowest BCUT2D eigenvalue weighted by Crippen LogP contribution is -2.34. The number of methoxy groups -OCH3 is 2. The highest BCUT2D eigenvalue weighted by Crippen LogP contribution is 2.21. The maximum absolute atomic E-state index is 12.3. The molecule has 0 saturated carbocycles. The molecule has 138 valence electrons. The normalized spacial score (nSPS) is 11.6. The minimum absolute atomic E-state index is 0.0338. The SMILES string of the molecule is COCc1ccc(C(=O)NCC(Cc2ccccc2OC)C(=O)O)cc1. The van der Waals surface area contributed by atoms with Gasteiger partial charge in [-0.05, 0) is 35.7 Å². The largest absolute Gasteiger partial charge is 0.496 e. The molecule has 2 aromatic rings. The van der Waals surface area contributed by atoms with E-state index >= 15 is 0 Å². The van der Waals surface area contributed by atoms with E-state index in [1.807, 2.05) is 30.3 Å². The van der Waals surface area contributed by atoms with E-state index in [2.05, 4.69) is 5.32 Å². The van der Waals surface area contributed by atoms with Gasteiger partial charge in [-0.1, -0.05) is 30.3 Å². The molecule has 1 atom stereocenters. The van der Waals surface area contributed by atoms with E-state index in [1.54, 1.807) is 32.4 Å². The molecule has 0 aromatic heterocycles. The maximum atomic E-state index is 12.3. The van der Waals surface area contributed by atoms with E-state index in [0.717, 1.165) is 11.1 Å². The van der Waals surface area contributed by atoms with Gasteiger partial charge in [0, 0.05) is 19.2 Å². The summed E-state index contributed by atoms with van der Waals surface area (Å²) in [7, 11) is 3.15. The summed E-state index contributed by atoms with van der Waals surface area (Å²) in [5, 5.41) is 12.2. The maximum Gasteiger partial charge on any atom is 0.308 e. The smallest absolute Gasteiger partial charge is 0.308 e. The van der Waals surface area contributed by atoms with Gasteiger partial charge in [0.25, 0.3) is 5.91 Å². The minimum Gasteiger partial charge on any atom is -0.496 e. The van der Waals surface area contributed by atoms with Crippen molar-refractivity contribution in [2.45, 2.75) is 13.0 Å². The molecule has 1 amide bonds. The van der Waals surface area contributed by atoms with Crippen molar-refractivity contribution < 1.29 is 24.2 Å². The van der Waals surface area contributed by atoms with Crippen molar-refractivity contribution in [3.05, 3.63) is 65.2 Å². The van der Waals surface area contributed by atoms with Crippen molar-refractivity contribution in [1.29, 1.82) is 0 Å². The van der Waals surface area contributed by atoms with Crippen LogP contribution in [0.1, 0.15) is 21.5 Å². The molecule has 0 aliphatic rings. The average Bonchev–Trinajstić information content (AvgIpc) is 2.65. The molecule has 6 nitrogen and oxygen atoms in total. The summed E-state index contributed by atoms with van der Waals surface area (Å²) in [6.45, 7) is 0.508. The number of aliphatic carboxylic acids is 1. The first-order valence-corrected chi connectivity index (χ1v) is 8.26. The molecule has 0 aliphatic carbocycles. The monoisotopic (exact) mass is 357 g/mol. The Morgan fingerprint density at radius 1 is 1.08 bits per heavy atom. The Morgan fingerprint density at radius 3 is 2.38 bits per heavy atom. The summed E-state index contributed by atoms with van der Waals surface area (Å²) in [6, 6.07) is 14.3. The number of ether oxygens (including phenoxy) is 2. The highest BCUT2D eigenvalue weighted by Gasteiger charge is 2.21. The second-order valence-electron chi connectivity index (χ2n) is 5.89. The first-order chi connectivity index (χ1) is 12.5. The Labute approximate surface area is 152 Å². The molecule has 0 spiro atoms. The Kier molecular flexibility index (Phi) is 7.17. The molecule has 2 rings (SSSR count). The van der Waals surface area contributed by atoms with Crippen LogP contribution >= 0.6 is 0 Å². The zero-order valence-electron chi connectivity index (χ0n) is 14.9. The van der Waals surface area contributed by atoms with Gasteiger partial charge in [-0.3, -0.25) is 9.59 Å². The van der Waals surface area contributed by atoms with Gasteiger partial charge in [-0.15, -0.1) is 0 Å². The van der Waals surface area contributed by atoms with Gasteiger partial charge in [-0.2, -0.15) is 0 Å². The number of carboxylic acid groups (broad SMARTS) is 1. The Balaban J connectivity index is 1.99. The molecule has 0 bridgehead atoms. The zero-order chi connectivity index (χ0) is 18.9. The van der Waals surface area contributed by atoms with Crippen LogP contribution in [0, 0.1) is 5.92 Å². The molecule has 0 heterocycles. The quantitative estimate of drug-likeness (QED) is 0.720. The van der Waals surface area contributed by atoms with E-state index in [1.165, 1.54) is 0 Å². The van der Waals surface area contributed by atoms with Crippen LogP contribution in [-0.2, 0) is 22.6 Å². The lowest BCUT2D eigenvalue weighted by Gasteiger charge is -2.15. The predicted octanol–water partition coefficient (Wildman–Crippen LogP) is 2.51. The van der Waals surface area contributed by atoms with Gasteiger partial charge in [0.2, 0.25) is 0 Å². The number of amides is 1. The fourth-order valence-corrected chi connectivity index (χ4v) is 2.62. The van der Waals surface area contributed by atoms with Crippen LogP contribution in [0.5, 0.6) is 5.75 Å². The number of rotatable bonds is 9. The molecule has 26 heavy (non-hydrogen) atoms. The van der Waals surface area contributed by atoms with Gasteiger partial charge in [0.1, 0.15) is 5.75 Å². The number of carbonyl (C=O) groups excluding carboxylic acids is 1. The topological polar surface area (TPSA) is 84.9 Å². The number of benzene rings is 2. The highest BCUT2D eigenvalue weighted by molar-refractivity contribution is 5.94. The van der Waals surface area contributed by atoms with Crippen molar-refractivity contribution in [3.63, 3.8) is 0 Å². The van der Waals surface area contributed by atoms with Crippen LogP contribution in [0.15, 0.2) is 48.5 Å². The summed E-state index contributed by atoms with van der Waals surface area (Å²) < 4.78 is 10.3. The van der Waals surface area contributed by atoms with Gasteiger partial charge in [0.05, 0.1) is 19.6 Å². The van der Waals surface area contributed by atoms with E-state index in [-0.39, 0.29) is 18.9 Å². The van der Waals surface area contributed by atoms with Crippen molar-refractivity contribution in [3.8, 4) is 5.75 Å². The van der Waals surface area contributed by atoms with Gasteiger partial charge >= 0.3 is 5.97 Å². The Morgan fingerprint density at radius 2 is 1.77 bits per heavy atom. The van der Waals surface area contributed by atoms with Crippen molar-refractivity contribution in [2.24, 2.45) is 5.92 Å². The van der Waals surface area contributed by atoms with Crippen LogP contribution in [0.2, 0.25) is 0 Å². The van der Waals surface area contributed by atoms with Gasteiger partial charge in [-0.25, -0.2) is 0 Å². The third-order valence-corrected chi connectivity index (χ3v) is 4.04. The molecule has 0 fully saturated rings. The second kappa shape index (κ2) is 9.58. The molecule has 2 N–H and O–H groups in total. The van der Waals surface area contributed by atoms with Crippen LogP contribution in [0.25, 0.3) is 0 Å². The highest BCUT2D eigenvalue weighted by atomic mass is 16.5. The lowest BCUT2D eigenvalue weighted by molar-refractivity contribution is -0.141. The molecule has 2 aromatic carbocycles. The van der Waals surface area contributed by atoms with Crippen molar-refractivity contribution >= 4 is 11.9 Å². The first kappa shape index (κ1) is 19.5. The van der Waals surface area contributed by atoms with Crippen LogP contribution in [-0.4, -0.2) is 37.7 Å². The summed E-state index contributed by atoms with van der Waals surface area (Å²) in [5.41, 5.74) is 2.23. The molecule has 0 aliphatic heterocycles. The predicted molar refractivity (Wildman–Crippen MR) is 97.3 cm³/mol. The van der Waals surface area contributed by atoms with Crippen LogP contribution in [0.3, 0.4) is 0 Å². The van der Waals surface area contributed by atoms with E-state index in [4.69, 9.17) is 9.47 Å². The minimum atomic E-state index is -0.966. The van der Waals surface area contributed by atoms with Crippen molar-refractivity contribution in [1.82, 2.24) is 5.32 Å². The van der Waals surface area contributed by atoms with Gasteiger partial charge < -0.3 is 19.9 Å². The third kappa shape index (κ3) is 5.32. The average molecular weight is 357 g/mol. The molecule has 0 saturated heterocycles. The number of hydrogen-bond donors (Lipinski definition) is 2. The number of carbonyl (C=O) groups is 2. The molecule has 0 radical (unpaired) electrons. The molecular weight excluding hydrogens is 334 g/mol. The zero-order valence-corrected chi connectivity index (χ0v) is 14.9. The van der Waals surface area contributed by atoms with Gasteiger partial charge in [0.15, 0.2) is 0 Å². The number of para-hydroxylation sites is 1. The fourth-order valence-electron chi connectivity index (χ4n) is 2.62. The Bertz CT molecular complexity index is 742. The molecular formula is C20H23NO5. The standard InChI is InChI=1S/C20H23NO5/c1-25-13-14-7-9-15(10-8-14)19(22)21-12-17(20(23)24)11-16-5-3-4-6-18(16)26-2/h3-10,17H,11-13H2,1-2H3,(H,21,22)(H,23,24). The summed E-state index contributed by atoms with van der Waals surface area (Å²) in [6.07, 6.45) is 0.270. The third-order valence-electron chi connectivity index (χ3n) is 4.04. The lowest BCUT2D eigenvalue weighted by atomic mass is 9.98. The van der Waals surface area contributed by atoms with E-state index < -0.39 is 11.9 Å². The van der Waals surface area contributed by atoms with Crippen LogP contribution in [0.4, 0.5) is 0 Å².